The van der Waals surface area contributed by atoms with E-state index in [2.05, 4.69) is 36.3 Å². The molecular weight excluding hydrogens is 250 g/mol. The number of nitrogens with one attached hydrogen (secondary N) is 1. The molecule has 1 aromatic rings. The Kier molecular flexibility index (Phi) is 5.77. The van der Waals surface area contributed by atoms with Gasteiger partial charge in [-0.1, -0.05) is 27.2 Å². The number of hydrogen-bond acceptors (Lipinski definition) is 4. The maximum Gasteiger partial charge on any atom is 0.233 e. The molecule has 1 fully saturated rings. The molecule has 112 valence electrons. The van der Waals surface area contributed by atoms with Crippen molar-refractivity contribution in [3.8, 4) is 5.88 Å². The van der Waals surface area contributed by atoms with E-state index in [0.717, 1.165) is 37.5 Å². The van der Waals surface area contributed by atoms with Crippen LogP contribution in [-0.2, 0) is 6.54 Å². The average molecular weight is 277 g/mol. The van der Waals surface area contributed by atoms with Gasteiger partial charge in [-0.3, -0.25) is 0 Å². The molecule has 2 atom stereocenters. The van der Waals surface area contributed by atoms with Gasteiger partial charge in [0.2, 0.25) is 5.88 Å². The molecule has 0 aliphatic heterocycles. The van der Waals surface area contributed by atoms with Crippen molar-refractivity contribution in [3.63, 3.8) is 0 Å². The number of aromatic nitrogens is 2. The van der Waals surface area contributed by atoms with Gasteiger partial charge in [0.25, 0.3) is 0 Å². The summed E-state index contributed by atoms with van der Waals surface area (Å²) in [6.07, 6.45) is 5.18. The lowest BCUT2D eigenvalue weighted by Crippen LogP contribution is -2.24. The Morgan fingerprint density at radius 2 is 2.15 bits per heavy atom. The molecule has 2 rings (SSSR count). The highest BCUT2D eigenvalue weighted by Crippen LogP contribution is 2.26. The van der Waals surface area contributed by atoms with Crippen LogP contribution in [0.2, 0.25) is 0 Å². The van der Waals surface area contributed by atoms with E-state index in [9.17, 15) is 0 Å². The number of rotatable bonds is 6. The molecule has 20 heavy (non-hydrogen) atoms. The zero-order valence-corrected chi connectivity index (χ0v) is 12.9. The second-order valence-corrected chi connectivity index (χ2v) is 6.40. The largest absolute Gasteiger partial charge is 0.473 e. The summed E-state index contributed by atoms with van der Waals surface area (Å²) in [6, 6.07) is 3.95. The van der Waals surface area contributed by atoms with Crippen LogP contribution in [-0.4, -0.2) is 22.8 Å². The van der Waals surface area contributed by atoms with E-state index < -0.39 is 0 Å². The minimum absolute atomic E-state index is 0.318. The van der Waals surface area contributed by atoms with E-state index in [4.69, 9.17) is 4.74 Å². The molecule has 0 radical (unpaired) electrons. The maximum atomic E-state index is 5.93. The third-order valence-electron chi connectivity index (χ3n) is 3.73. The van der Waals surface area contributed by atoms with Crippen molar-refractivity contribution in [2.45, 2.75) is 59.1 Å². The van der Waals surface area contributed by atoms with E-state index in [1.807, 2.05) is 12.1 Å². The van der Waals surface area contributed by atoms with Crippen molar-refractivity contribution in [1.82, 2.24) is 15.5 Å². The van der Waals surface area contributed by atoms with Crippen LogP contribution in [0.25, 0.3) is 0 Å². The van der Waals surface area contributed by atoms with Gasteiger partial charge < -0.3 is 10.1 Å². The highest BCUT2D eigenvalue weighted by Gasteiger charge is 2.20. The van der Waals surface area contributed by atoms with Crippen LogP contribution < -0.4 is 10.1 Å². The molecule has 1 aromatic heterocycles. The van der Waals surface area contributed by atoms with E-state index in [1.165, 1.54) is 12.8 Å². The SMILES string of the molecule is CC(C)CNCc1ccc(OC2CCCC(C)C2)nn1. The standard InChI is InChI=1S/C16H27N3O/c1-12(2)10-17-11-14-7-8-16(19-18-14)20-15-6-4-5-13(3)9-15/h7-8,12-13,15,17H,4-6,9-11H2,1-3H3. The first-order valence-electron chi connectivity index (χ1n) is 7.83. The highest BCUT2D eigenvalue weighted by molar-refractivity contribution is 5.11. The normalized spacial score (nSPS) is 23.0. The minimum Gasteiger partial charge on any atom is -0.473 e. The molecule has 1 aliphatic rings. The summed E-state index contributed by atoms with van der Waals surface area (Å²) in [4.78, 5) is 0. The monoisotopic (exact) mass is 277 g/mol. The van der Waals surface area contributed by atoms with Crippen molar-refractivity contribution in [2.24, 2.45) is 11.8 Å². The predicted molar refractivity (Wildman–Crippen MR) is 80.6 cm³/mol. The molecule has 0 spiro atoms. The molecule has 4 heteroatoms. The van der Waals surface area contributed by atoms with Gasteiger partial charge >= 0.3 is 0 Å². The number of hydrogen-bond donors (Lipinski definition) is 1. The Bertz CT molecular complexity index is 391. The number of ether oxygens (including phenoxy) is 1. The summed E-state index contributed by atoms with van der Waals surface area (Å²) in [7, 11) is 0. The van der Waals surface area contributed by atoms with Gasteiger partial charge in [-0.15, -0.1) is 5.10 Å². The summed E-state index contributed by atoms with van der Waals surface area (Å²) in [5.74, 6) is 2.08. The van der Waals surface area contributed by atoms with Crippen molar-refractivity contribution in [2.75, 3.05) is 6.54 Å². The first kappa shape index (κ1) is 15.2. The van der Waals surface area contributed by atoms with Crippen LogP contribution in [0, 0.1) is 11.8 Å². The van der Waals surface area contributed by atoms with Crippen LogP contribution in [0.15, 0.2) is 12.1 Å². The Labute approximate surface area is 122 Å². The quantitative estimate of drug-likeness (QED) is 0.867. The molecule has 0 amide bonds. The molecule has 1 saturated carbocycles. The fourth-order valence-electron chi connectivity index (χ4n) is 2.65. The third kappa shape index (κ3) is 5.08. The molecular formula is C16H27N3O. The topological polar surface area (TPSA) is 47.0 Å². The Morgan fingerprint density at radius 3 is 2.80 bits per heavy atom. The zero-order chi connectivity index (χ0) is 14.4. The van der Waals surface area contributed by atoms with Crippen molar-refractivity contribution < 1.29 is 4.74 Å². The van der Waals surface area contributed by atoms with Crippen LogP contribution >= 0.6 is 0 Å². The van der Waals surface area contributed by atoms with E-state index in [-0.39, 0.29) is 0 Å². The Hall–Kier alpha value is -1.16. The van der Waals surface area contributed by atoms with E-state index in [0.29, 0.717) is 17.9 Å². The van der Waals surface area contributed by atoms with Gasteiger partial charge in [0.15, 0.2) is 0 Å². The summed E-state index contributed by atoms with van der Waals surface area (Å²) in [6.45, 7) is 8.46. The molecule has 0 aromatic carbocycles. The fraction of sp³-hybridized carbons (Fsp3) is 0.750. The number of nitrogens with zero attached hydrogens (tertiary/aromatic N) is 2. The summed E-state index contributed by atoms with van der Waals surface area (Å²) < 4.78 is 5.93. The second kappa shape index (κ2) is 7.58. The zero-order valence-electron chi connectivity index (χ0n) is 12.9. The molecule has 0 saturated heterocycles. The van der Waals surface area contributed by atoms with Crippen LogP contribution in [0.5, 0.6) is 5.88 Å². The predicted octanol–water partition coefficient (Wildman–Crippen LogP) is 3.18. The summed E-state index contributed by atoms with van der Waals surface area (Å²) >= 11 is 0. The lowest BCUT2D eigenvalue weighted by Gasteiger charge is -2.26. The molecule has 0 bridgehead atoms. The van der Waals surface area contributed by atoms with Crippen LogP contribution in [0.4, 0.5) is 0 Å². The van der Waals surface area contributed by atoms with Gasteiger partial charge in [0, 0.05) is 12.6 Å². The van der Waals surface area contributed by atoms with Crippen molar-refractivity contribution >= 4 is 0 Å². The Morgan fingerprint density at radius 1 is 1.30 bits per heavy atom. The first-order valence-corrected chi connectivity index (χ1v) is 7.83. The van der Waals surface area contributed by atoms with Crippen LogP contribution in [0.3, 0.4) is 0 Å². The van der Waals surface area contributed by atoms with Crippen LogP contribution in [0.1, 0.15) is 52.1 Å². The van der Waals surface area contributed by atoms with Crippen molar-refractivity contribution in [1.29, 1.82) is 0 Å². The van der Waals surface area contributed by atoms with Gasteiger partial charge in [-0.05, 0) is 43.7 Å². The first-order chi connectivity index (χ1) is 9.63. The lowest BCUT2D eigenvalue weighted by atomic mass is 9.89. The fourth-order valence-corrected chi connectivity index (χ4v) is 2.65. The maximum absolute atomic E-state index is 5.93. The molecule has 1 heterocycles. The summed E-state index contributed by atoms with van der Waals surface area (Å²) in [5, 5.41) is 11.8. The van der Waals surface area contributed by atoms with E-state index >= 15 is 0 Å². The second-order valence-electron chi connectivity index (χ2n) is 6.40. The molecule has 4 nitrogen and oxygen atoms in total. The molecule has 1 aliphatic carbocycles. The van der Waals surface area contributed by atoms with Gasteiger partial charge in [0.1, 0.15) is 6.10 Å². The lowest BCUT2D eigenvalue weighted by molar-refractivity contribution is 0.122. The minimum atomic E-state index is 0.318. The average Bonchev–Trinajstić information content (AvgIpc) is 2.40. The third-order valence-corrected chi connectivity index (χ3v) is 3.73. The molecule has 2 unspecified atom stereocenters. The van der Waals surface area contributed by atoms with Crippen molar-refractivity contribution in [3.05, 3.63) is 17.8 Å². The Balaban J connectivity index is 1.79. The van der Waals surface area contributed by atoms with Gasteiger partial charge in [0.05, 0.1) is 5.69 Å². The highest BCUT2D eigenvalue weighted by atomic mass is 16.5. The van der Waals surface area contributed by atoms with E-state index in [1.54, 1.807) is 0 Å². The van der Waals surface area contributed by atoms with Gasteiger partial charge in [-0.25, -0.2) is 0 Å². The molecule has 1 N–H and O–H groups in total. The summed E-state index contributed by atoms with van der Waals surface area (Å²) in [5.41, 5.74) is 0.968. The van der Waals surface area contributed by atoms with Gasteiger partial charge in [-0.2, -0.15) is 5.10 Å². The smallest absolute Gasteiger partial charge is 0.233 e.